The molecule has 1 heterocycles. The minimum atomic E-state index is 0.342. The zero-order chi connectivity index (χ0) is 8.27. The molecule has 0 unspecified atom stereocenters. The van der Waals surface area contributed by atoms with Crippen molar-refractivity contribution in [2.24, 2.45) is 5.10 Å². The van der Waals surface area contributed by atoms with E-state index in [0.29, 0.717) is 18.0 Å². The van der Waals surface area contributed by atoms with Crippen LogP contribution in [0, 0.1) is 11.3 Å². The smallest absolute Gasteiger partial charge is 0.194 e. The molecule has 0 aliphatic carbocycles. The van der Waals surface area contributed by atoms with Crippen molar-refractivity contribution >= 4 is 20.7 Å². The van der Waals surface area contributed by atoms with E-state index >= 15 is 0 Å². The van der Waals surface area contributed by atoms with E-state index in [2.05, 4.69) is 27.6 Å². The summed E-state index contributed by atoms with van der Waals surface area (Å²) in [4.78, 5) is 1.79. The molecule has 0 atom stereocenters. The highest BCUT2D eigenvalue weighted by atomic mass is 79.9. The Labute approximate surface area is 73.5 Å². The number of hydrazone groups is 1. The van der Waals surface area contributed by atoms with E-state index in [0.717, 1.165) is 0 Å². The first-order valence-electron chi connectivity index (χ1n) is 3.03. The molecule has 0 aromatic rings. The zero-order valence-electron chi connectivity index (χ0n) is 5.87. The lowest BCUT2D eigenvalue weighted by atomic mass is 10.6. The predicted molar refractivity (Wildman–Crippen MR) is 45.6 cm³/mol. The molecule has 0 saturated carbocycles. The number of rotatable bonds is 2. The fourth-order valence-electron chi connectivity index (χ4n) is 0.733. The van der Waals surface area contributed by atoms with Crippen molar-refractivity contribution in [1.29, 1.82) is 5.26 Å². The Kier molecular flexibility index (Phi) is 2.49. The van der Waals surface area contributed by atoms with Crippen LogP contribution in [0.4, 0.5) is 0 Å². The summed E-state index contributed by atoms with van der Waals surface area (Å²) in [5, 5.41) is 14.1. The SMILES string of the molecule is C=CN1CN(CC#N)C(Br)=N1. The van der Waals surface area contributed by atoms with Gasteiger partial charge in [-0.1, -0.05) is 6.58 Å². The topological polar surface area (TPSA) is 42.6 Å². The minimum Gasteiger partial charge on any atom is -0.316 e. The Morgan fingerprint density at radius 2 is 2.64 bits per heavy atom. The minimum absolute atomic E-state index is 0.342. The first-order valence-corrected chi connectivity index (χ1v) is 3.82. The van der Waals surface area contributed by atoms with Crippen LogP contribution in [0.1, 0.15) is 0 Å². The maximum absolute atomic E-state index is 8.39. The van der Waals surface area contributed by atoms with Crippen LogP contribution in [-0.2, 0) is 0 Å². The molecule has 0 amide bonds. The summed E-state index contributed by atoms with van der Waals surface area (Å²) < 4.78 is 0.680. The summed E-state index contributed by atoms with van der Waals surface area (Å²) in [6.07, 6.45) is 1.61. The van der Waals surface area contributed by atoms with E-state index < -0.39 is 0 Å². The third kappa shape index (κ3) is 1.71. The highest BCUT2D eigenvalue weighted by molar-refractivity contribution is 9.18. The summed E-state index contributed by atoms with van der Waals surface area (Å²) in [7, 11) is 0. The average molecular weight is 215 g/mol. The Balaban J connectivity index is 2.58. The standard InChI is InChI=1S/C6H7BrN4/c1-2-11-5-10(4-3-8)6(7)9-11/h2H,1,4-5H2. The van der Waals surface area contributed by atoms with Gasteiger partial charge in [0.2, 0.25) is 0 Å². The maximum Gasteiger partial charge on any atom is 0.194 e. The zero-order valence-corrected chi connectivity index (χ0v) is 7.45. The second-order valence-corrected chi connectivity index (χ2v) is 2.70. The molecule has 1 aliphatic heterocycles. The molecule has 0 fully saturated rings. The van der Waals surface area contributed by atoms with Crippen LogP contribution in [0.5, 0.6) is 0 Å². The van der Waals surface area contributed by atoms with Crippen molar-refractivity contribution < 1.29 is 0 Å². The van der Waals surface area contributed by atoms with E-state index in [1.165, 1.54) is 0 Å². The molecule has 0 bridgehead atoms. The summed E-state index contributed by atoms with van der Waals surface area (Å²) in [5.74, 6) is 0. The van der Waals surface area contributed by atoms with Crippen molar-refractivity contribution in [3.8, 4) is 6.07 Å². The summed E-state index contributed by atoms with van der Waals surface area (Å²) in [5.41, 5.74) is 0. The molecule has 0 spiro atoms. The lowest BCUT2D eigenvalue weighted by molar-refractivity contribution is 0.323. The van der Waals surface area contributed by atoms with E-state index in [-0.39, 0.29) is 0 Å². The second kappa shape index (κ2) is 3.39. The Morgan fingerprint density at radius 1 is 1.91 bits per heavy atom. The molecule has 11 heavy (non-hydrogen) atoms. The quantitative estimate of drug-likeness (QED) is 0.507. The monoisotopic (exact) mass is 214 g/mol. The summed E-state index contributed by atoms with van der Waals surface area (Å²) in [6.45, 7) is 4.50. The van der Waals surface area contributed by atoms with Crippen LogP contribution in [-0.4, -0.2) is 27.9 Å². The molecule has 1 aliphatic rings. The number of hydrogen-bond donors (Lipinski definition) is 0. The van der Waals surface area contributed by atoms with E-state index in [1.54, 1.807) is 16.1 Å². The van der Waals surface area contributed by atoms with Gasteiger partial charge in [0.1, 0.15) is 13.2 Å². The van der Waals surface area contributed by atoms with Crippen molar-refractivity contribution in [2.75, 3.05) is 13.2 Å². The third-order valence-electron chi connectivity index (χ3n) is 1.26. The first-order chi connectivity index (χ1) is 5.27. The van der Waals surface area contributed by atoms with Crippen LogP contribution in [0.15, 0.2) is 17.9 Å². The van der Waals surface area contributed by atoms with E-state index in [1.807, 2.05) is 6.07 Å². The molecule has 4 nitrogen and oxygen atoms in total. The molecule has 0 radical (unpaired) electrons. The maximum atomic E-state index is 8.39. The molecule has 5 heteroatoms. The average Bonchev–Trinajstić information content (AvgIpc) is 2.33. The van der Waals surface area contributed by atoms with E-state index in [9.17, 15) is 0 Å². The third-order valence-corrected chi connectivity index (χ3v) is 1.92. The molecule has 58 valence electrons. The van der Waals surface area contributed by atoms with Crippen LogP contribution in [0.25, 0.3) is 0 Å². The summed E-state index contributed by atoms with van der Waals surface area (Å²) >= 11 is 3.22. The van der Waals surface area contributed by atoms with Gasteiger partial charge in [-0.15, -0.1) is 5.10 Å². The highest BCUT2D eigenvalue weighted by Gasteiger charge is 2.17. The van der Waals surface area contributed by atoms with E-state index in [4.69, 9.17) is 5.26 Å². The number of nitriles is 1. The Morgan fingerprint density at radius 3 is 3.09 bits per heavy atom. The van der Waals surface area contributed by atoms with Gasteiger partial charge >= 0.3 is 0 Å². The number of hydrogen-bond acceptors (Lipinski definition) is 4. The number of halogens is 1. The molecule has 0 aromatic heterocycles. The van der Waals surface area contributed by atoms with Gasteiger partial charge in [-0.25, -0.2) is 0 Å². The normalized spacial score (nSPS) is 16.2. The van der Waals surface area contributed by atoms with Crippen molar-refractivity contribution in [2.45, 2.75) is 0 Å². The molecule has 0 aromatic carbocycles. The van der Waals surface area contributed by atoms with Gasteiger partial charge in [-0.05, 0) is 15.9 Å². The molecule has 0 N–H and O–H groups in total. The van der Waals surface area contributed by atoms with Crippen molar-refractivity contribution in [3.63, 3.8) is 0 Å². The molecular weight excluding hydrogens is 208 g/mol. The van der Waals surface area contributed by atoms with Crippen molar-refractivity contribution in [1.82, 2.24) is 9.91 Å². The molecule has 1 rings (SSSR count). The highest BCUT2D eigenvalue weighted by Crippen LogP contribution is 2.10. The van der Waals surface area contributed by atoms with Crippen LogP contribution >= 0.6 is 15.9 Å². The fourth-order valence-corrected chi connectivity index (χ4v) is 1.17. The van der Waals surface area contributed by atoms with Crippen LogP contribution in [0.3, 0.4) is 0 Å². The summed E-state index contributed by atoms with van der Waals surface area (Å²) in [6, 6.07) is 2.04. The van der Waals surface area contributed by atoms with Gasteiger partial charge < -0.3 is 4.90 Å². The van der Waals surface area contributed by atoms with Gasteiger partial charge in [-0.2, -0.15) is 5.26 Å². The van der Waals surface area contributed by atoms with Gasteiger partial charge in [0.15, 0.2) is 4.74 Å². The second-order valence-electron chi connectivity index (χ2n) is 1.99. The van der Waals surface area contributed by atoms with Gasteiger partial charge in [0.25, 0.3) is 0 Å². The van der Waals surface area contributed by atoms with Crippen molar-refractivity contribution in [3.05, 3.63) is 12.8 Å². The lowest BCUT2D eigenvalue weighted by Crippen LogP contribution is -2.27. The Hall–Kier alpha value is -1.02. The largest absolute Gasteiger partial charge is 0.316 e. The molecule has 0 saturated heterocycles. The first kappa shape index (κ1) is 8.08. The van der Waals surface area contributed by atoms with Gasteiger partial charge in [0, 0.05) is 6.20 Å². The van der Waals surface area contributed by atoms with Crippen LogP contribution < -0.4 is 0 Å². The molecular formula is C6H7BrN4. The number of amidine groups is 1. The predicted octanol–water partition coefficient (Wildman–Crippen LogP) is 0.894. The fraction of sp³-hybridized carbons (Fsp3) is 0.333. The van der Waals surface area contributed by atoms with Gasteiger partial charge in [0.05, 0.1) is 6.07 Å². The lowest BCUT2D eigenvalue weighted by Gasteiger charge is -2.12. The van der Waals surface area contributed by atoms with Crippen LogP contribution in [0.2, 0.25) is 0 Å². The number of nitrogens with zero attached hydrogens (tertiary/aromatic N) is 4. The van der Waals surface area contributed by atoms with Gasteiger partial charge in [-0.3, -0.25) is 5.01 Å². The Bertz CT molecular complexity index is 229.